The first-order chi connectivity index (χ1) is 16.0. The summed E-state index contributed by atoms with van der Waals surface area (Å²) in [6.45, 7) is 5.59. The van der Waals surface area contributed by atoms with Crippen molar-refractivity contribution in [2.24, 2.45) is 5.73 Å². The van der Waals surface area contributed by atoms with Crippen molar-refractivity contribution in [1.82, 2.24) is 0 Å². The molecule has 2 N–H and O–H groups in total. The van der Waals surface area contributed by atoms with Gasteiger partial charge in [0.2, 0.25) is 0 Å². The van der Waals surface area contributed by atoms with Crippen LogP contribution in [0.5, 0.6) is 0 Å². The zero-order valence-corrected chi connectivity index (χ0v) is 18.8. The fourth-order valence-electron chi connectivity index (χ4n) is 3.67. The monoisotopic (exact) mass is 443 g/mol. The van der Waals surface area contributed by atoms with Crippen LogP contribution >= 0.6 is 0 Å². The van der Waals surface area contributed by atoms with Crippen molar-refractivity contribution in [2.45, 2.75) is 31.4 Å². The third-order valence-corrected chi connectivity index (χ3v) is 5.39. The number of carbonyl (C=O) groups is 2. The molecule has 0 saturated heterocycles. The third kappa shape index (κ3) is 5.76. The lowest BCUT2D eigenvalue weighted by atomic mass is 9.79. The summed E-state index contributed by atoms with van der Waals surface area (Å²) < 4.78 is 11.3. The van der Waals surface area contributed by atoms with E-state index in [1.807, 2.05) is 91.9 Å². The van der Waals surface area contributed by atoms with Gasteiger partial charge in [-0.15, -0.1) is 0 Å². The first kappa shape index (κ1) is 24.0. The second-order valence-electron chi connectivity index (χ2n) is 7.82. The van der Waals surface area contributed by atoms with E-state index in [4.69, 9.17) is 15.2 Å². The molecule has 33 heavy (non-hydrogen) atoms. The molecule has 3 aromatic rings. The van der Waals surface area contributed by atoms with E-state index in [0.29, 0.717) is 0 Å². The molecule has 0 aromatic heterocycles. The van der Waals surface area contributed by atoms with Gasteiger partial charge in [-0.05, 0) is 13.3 Å². The van der Waals surface area contributed by atoms with Crippen LogP contribution < -0.4 is 5.73 Å². The minimum atomic E-state index is -1.15. The molecule has 0 aliphatic rings. The first-order valence-electron chi connectivity index (χ1n) is 10.9. The number of ether oxygens (including phenoxy) is 2. The van der Waals surface area contributed by atoms with E-state index < -0.39 is 23.6 Å². The SMILES string of the molecule is C=CCOC(=O)[C@@H](N)CCC(=O)OC(c1ccccc1)(c1ccccc1)c1ccc(C)cc1. The van der Waals surface area contributed by atoms with Crippen molar-refractivity contribution in [1.29, 1.82) is 0 Å². The Hall–Kier alpha value is -3.70. The molecule has 0 amide bonds. The minimum absolute atomic E-state index is 0.0301. The maximum atomic E-state index is 13.1. The topological polar surface area (TPSA) is 78.6 Å². The summed E-state index contributed by atoms with van der Waals surface area (Å²) in [5, 5.41) is 0. The van der Waals surface area contributed by atoms with Gasteiger partial charge in [0.15, 0.2) is 5.60 Å². The molecule has 0 aliphatic heterocycles. The predicted octanol–water partition coefficient (Wildman–Crippen LogP) is 4.67. The molecular weight excluding hydrogens is 414 g/mol. The van der Waals surface area contributed by atoms with E-state index in [2.05, 4.69) is 6.58 Å². The van der Waals surface area contributed by atoms with Crippen molar-refractivity contribution in [3.05, 3.63) is 120 Å². The summed E-state index contributed by atoms with van der Waals surface area (Å²) in [5.41, 5.74) is 8.32. The Balaban J connectivity index is 1.97. The minimum Gasteiger partial charge on any atom is -0.460 e. The molecule has 0 spiro atoms. The highest BCUT2D eigenvalue weighted by molar-refractivity contribution is 5.77. The van der Waals surface area contributed by atoms with Crippen LogP contribution in [0.4, 0.5) is 0 Å². The highest BCUT2D eigenvalue weighted by Gasteiger charge is 2.40. The highest BCUT2D eigenvalue weighted by atomic mass is 16.6. The number of rotatable bonds is 10. The second-order valence-corrected chi connectivity index (χ2v) is 7.82. The number of carbonyl (C=O) groups excluding carboxylic acids is 2. The number of hydrogen-bond donors (Lipinski definition) is 1. The number of benzene rings is 3. The Labute approximate surface area is 194 Å². The molecule has 0 radical (unpaired) electrons. The molecule has 0 fully saturated rings. The lowest BCUT2D eigenvalue weighted by Crippen LogP contribution is -2.37. The highest BCUT2D eigenvalue weighted by Crippen LogP contribution is 2.41. The fraction of sp³-hybridized carbons (Fsp3) is 0.214. The van der Waals surface area contributed by atoms with Crippen LogP contribution in [0.1, 0.15) is 35.1 Å². The van der Waals surface area contributed by atoms with Gasteiger partial charge in [0.05, 0.1) is 0 Å². The first-order valence-corrected chi connectivity index (χ1v) is 10.9. The van der Waals surface area contributed by atoms with Gasteiger partial charge in [-0.3, -0.25) is 9.59 Å². The van der Waals surface area contributed by atoms with Crippen molar-refractivity contribution in [3.8, 4) is 0 Å². The lowest BCUT2D eigenvalue weighted by molar-refractivity contribution is -0.154. The van der Waals surface area contributed by atoms with Crippen LogP contribution in [0.2, 0.25) is 0 Å². The number of aryl methyl sites for hydroxylation is 1. The van der Waals surface area contributed by atoms with Gasteiger partial charge in [-0.2, -0.15) is 0 Å². The number of hydrogen-bond acceptors (Lipinski definition) is 5. The molecule has 0 unspecified atom stereocenters. The summed E-state index contributed by atoms with van der Waals surface area (Å²) in [6, 6.07) is 26.3. The van der Waals surface area contributed by atoms with Crippen LogP contribution in [0.15, 0.2) is 97.6 Å². The standard InChI is InChI=1S/C28H29NO4/c1-3-20-32-27(31)25(29)18-19-26(30)33-28(22-10-6-4-7-11-22,23-12-8-5-9-13-23)24-16-14-21(2)15-17-24/h3-17,25H,1,18-20,29H2,2H3/t25-/m0/s1. The van der Waals surface area contributed by atoms with Gasteiger partial charge in [-0.25, -0.2) is 0 Å². The van der Waals surface area contributed by atoms with Gasteiger partial charge >= 0.3 is 11.9 Å². The van der Waals surface area contributed by atoms with Crippen LogP contribution in [0.25, 0.3) is 0 Å². The summed E-state index contributed by atoms with van der Waals surface area (Å²) in [6.07, 6.45) is 1.55. The Morgan fingerprint density at radius 3 is 1.94 bits per heavy atom. The average molecular weight is 444 g/mol. The van der Waals surface area contributed by atoms with Gasteiger partial charge < -0.3 is 15.2 Å². The summed E-state index contributed by atoms with van der Waals surface area (Å²) in [5.74, 6) is -1.03. The Bertz CT molecular complexity index is 1020. The molecule has 0 aliphatic carbocycles. The van der Waals surface area contributed by atoms with Crippen LogP contribution in [0, 0.1) is 6.92 Å². The molecule has 170 valence electrons. The van der Waals surface area contributed by atoms with E-state index in [-0.39, 0.29) is 19.4 Å². The quantitative estimate of drug-likeness (QED) is 0.280. The maximum absolute atomic E-state index is 13.1. The van der Waals surface area contributed by atoms with E-state index >= 15 is 0 Å². The van der Waals surface area contributed by atoms with Crippen LogP contribution in [0.3, 0.4) is 0 Å². The second kappa shape index (κ2) is 11.2. The zero-order chi connectivity index (χ0) is 23.7. The summed E-state index contributed by atoms with van der Waals surface area (Å²) in [4.78, 5) is 25.1. The van der Waals surface area contributed by atoms with E-state index in [1.165, 1.54) is 6.08 Å². The van der Waals surface area contributed by atoms with Crippen LogP contribution in [-0.4, -0.2) is 24.6 Å². The van der Waals surface area contributed by atoms with Crippen molar-refractivity contribution >= 4 is 11.9 Å². The molecule has 3 rings (SSSR count). The van der Waals surface area contributed by atoms with Gasteiger partial charge in [0, 0.05) is 23.1 Å². The van der Waals surface area contributed by atoms with Gasteiger partial charge in [-0.1, -0.05) is 103 Å². The Kier molecular flexibility index (Phi) is 8.17. The molecule has 0 saturated carbocycles. The molecule has 5 nitrogen and oxygen atoms in total. The maximum Gasteiger partial charge on any atom is 0.323 e. The average Bonchev–Trinajstić information content (AvgIpc) is 2.86. The molecular formula is C28H29NO4. The molecule has 5 heteroatoms. The number of nitrogens with two attached hydrogens (primary N) is 1. The Morgan fingerprint density at radius 1 is 0.909 bits per heavy atom. The zero-order valence-electron chi connectivity index (χ0n) is 18.8. The van der Waals surface area contributed by atoms with Crippen molar-refractivity contribution in [3.63, 3.8) is 0 Å². The summed E-state index contributed by atoms with van der Waals surface area (Å²) >= 11 is 0. The van der Waals surface area contributed by atoms with Gasteiger partial charge in [0.1, 0.15) is 12.6 Å². The molecule has 0 bridgehead atoms. The number of esters is 2. The Morgan fingerprint density at radius 2 is 1.42 bits per heavy atom. The molecule has 1 atom stereocenters. The fourth-order valence-corrected chi connectivity index (χ4v) is 3.67. The van der Waals surface area contributed by atoms with Crippen molar-refractivity contribution in [2.75, 3.05) is 6.61 Å². The predicted molar refractivity (Wildman–Crippen MR) is 128 cm³/mol. The normalized spacial score (nSPS) is 11.9. The molecule has 0 heterocycles. The largest absolute Gasteiger partial charge is 0.460 e. The van der Waals surface area contributed by atoms with Crippen molar-refractivity contribution < 1.29 is 19.1 Å². The summed E-state index contributed by atoms with van der Waals surface area (Å²) in [7, 11) is 0. The lowest BCUT2D eigenvalue weighted by Gasteiger charge is -2.35. The van der Waals surface area contributed by atoms with Crippen LogP contribution in [-0.2, 0) is 24.7 Å². The molecule has 3 aromatic carbocycles. The van der Waals surface area contributed by atoms with E-state index in [1.54, 1.807) is 0 Å². The van der Waals surface area contributed by atoms with E-state index in [0.717, 1.165) is 22.3 Å². The third-order valence-electron chi connectivity index (χ3n) is 5.39. The van der Waals surface area contributed by atoms with Gasteiger partial charge in [0.25, 0.3) is 0 Å². The van der Waals surface area contributed by atoms with E-state index in [9.17, 15) is 9.59 Å². The smallest absolute Gasteiger partial charge is 0.323 e.